The standard InChI is InChI=1S/C12H12Cl2N2/c13-9-4-5-12(10(14)6-9)16-11-3-1-2-8(11)7-15/h4-6,8,11,16H,1-3H2. The summed E-state index contributed by atoms with van der Waals surface area (Å²) in [7, 11) is 0. The van der Waals surface area contributed by atoms with Gasteiger partial charge in [-0.3, -0.25) is 0 Å². The van der Waals surface area contributed by atoms with Gasteiger partial charge in [-0.05, 0) is 37.5 Å². The van der Waals surface area contributed by atoms with Crippen LogP contribution in [0.1, 0.15) is 19.3 Å². The second-order valence-corrected chi connectivity index (χ2v) is 4.89. The molecule has 16 heavy (non-hydrogen) atoms. The Hall–Kier alpha value is -0.910. The Balaban J connectivity index is 2.12. The molecule has 0 radical (unpaired) electrons. The van der Waals surface area contributed by atoms with E-state index < -0.39 is 0 Å². The van der Waals surface area contributed by atoms with Crippen LogP contribution >= 0.6 is 23.2 Å². The maximum atomic E-state index is 8.98. The molecule has 1 aliphatic carbocycles. The second kappa shape index (κ2) is 4.95. The van der Waals surface area contributed by atoms with Gasteiger partial charge >= 0.3 is 0 Å². The van der Waals surface area contributed by atoms with Gasteiger partial charge in [-0.1, -0.05) is 23.2 Å². The molecule has 84 valence electrons. The van der Waals surface area contributed by atoms with Crippen molar-refractivity contribution in [3.05, 3.63) is 28.2 Å². The van der Waals surface area contributed by atoms with E-state index in [1.165, 1.54) is 0 Å². The zero-order valence-electron chi connectivity index (χ0n) is 8.71. The molecule has 0 aromatic heterocycles. The van der Waals surface area contributed by atoms with Crippen LogP contribution in [0.3, 0.4) is 0 Å². The van der Waals surface area contributed by atoms with E-state index in [2.05, 4.69) is 11.4 Å². The summed E-state index contributed by atoms with van der Waals surface area (Å²) in [6.07, 6.45) is 3.09. The van der Waals surface area contributed by atoms with Gasteiger partial charge < -0.3 is 5.32 Å². The van der Waals surface area contributed by atoms with E-state index in [4.69, 9.17) is 28.5 Å². The number of nitriles is 1. The number of halogens is 2. The molecule has 1 saturated carbocycles. The van der Waals surface area contributed by atoms with Crippen molar-refractivity contribution >= 4 is 28.9 Å². The van der Waals surface area contributed by atoms with Crippen molar-refractivity contribution in [2.75, 3.05) is 5.32 Å². The highest BCUT2D eigenvalue weighted by atomic mass is 35.5. The molecular formula is C12H12Cl2N2. The van der Waals surface area contributed by atoms with Gasteiger partial charge in [-0.2, -0.15) is 5.26 Å². The molecule has 1 fully saturated rings. The van der Waals surface area contributed by atoms with Crippen LogP contribution < -0.4 is 5.32 Å². The molecule has 2 nitrogen and oxygen atoms in total. The van der Waals surface area contributed by atoms with Gasteiger partial charge in [0.1, 0.15) is 0 Å². The zero-order chi connectivity index (χ0) is 11.5. The van der Waals surface area contributed by atoms with Crippen molar-refractivity contribution < 1.29 is 0 Å². The van der Waals surface area contributed by atoms with Crippen LogP contribution in [0, 0.1) is 17.2 Å². The number of nitrogens with zero attached hydrogens (tertiary/aromatic N) is 1. The fraction of sp³-hybridized carbons (Fsp3) is 0.417. The Bertz CT molecular complexity index is 426. The topological polar surface area (TPSA) is 35.8 Å². The molecule has 0 bridgehead atoms. The SMILES string of the molecule is N#CC1CCCC1Nc1ccc(Cl)cc1Cl. The fourth-order valence-electron chi connectivity index (χ4n) is 2.09. The first-order valence-corrected chi connectivity index (χ1v) is 6.07. The third-order valence-corrected chi connectivity index (χ3v) is 3.50. The quantitative estimate of drug-likeness (QED) is 0.863. The van der Waals surface area contributed by atoms with Gasteiger partial charge in [0.15, 0.2) is 0 Å². The van der Waals surface area contributed by atoms with Gasteiger partial charge in [-0.25, -0.2) is 0 Å². The lowest BCUT2D eigenvalue weighted by Crippen LogP contribution is -2.22. The van der Waals surface area contributed by atoms with E-state index in [0.29, 0.717) is 10.0 Å². The Kier molecular flexibility index (Phi) is 3.58. The van der Waals surface area contributed by atoms with Crippen LogP contribution in [-0.4, -0.2) is 6.04 Å². The molecule has 0 amide bonds. The third kappa shape index (κ3) is 2.42. The summed E-state index contributed by atoms with van der Waals surface area (Å²) in [4.78, 5) is 0. The second-order valence-electron chi connectivity index (χ2n) is 4.04. The highest BCUT2D eigenvalue weighted by molar-refractivity contribution is 6.36. The van der Waals surface area contributed by atoms with Crippen LogP contribution in [0.2, 0.25) is 10.0 Å². The Morgan fingerprint density at radius 1 is 1.31 bits per heavy atom. The van der Waals surface area contributed by atoms with Crippen molar-refractivity contribution in [2.45, 2.75) is 25.3 Å². The first-order valence-electron chi connectivity index (χ1n) is 5.32. The number of hydrogen-bond acceptors (Lipinski definition) is 2. The molecule has 2 rings (SSSR count). The Labute approximate surface area is 105 Å². The maximum Gasteiger partial charge on any atom is 0.0677 e. The van der Waals surface area contributed by atoms with Crippen LogP contribution in [0.15, 0.2) is 18.2 Å². The first-order chi connectivity index (χ1) is 7.70. The van der Waals surface area contributed by atoms with E-state index >= 15 is 0 Å². The van der Waals surface area contributed by atoms with Crippen LogP contribution in [-0.2, 0) is 0 Å². The molecule has 1 aromatic rings. The van der Waals surface area contributed by atoms with E-state index in [0.717, 1.165) is 24.9 Å². The summed E-state index contributed by atoms with van der Waals surface area (Å²) in [6.45, 7) is 0. The molecule has 4 heteroatoms. The van der Waals surface area contributed by atoms with Gasteiger partial charge in [0.2, 0.25) is 0 Å². The van der Waals surface area contributed by atoms with Crippen LogP contribution in [0.4, 0.5) is 5.69 Å². The zero-order valence-corrected chi connectivity index (χ0v) is 10.2. The third-order valence-electron chi connectivity index (χ3n) is 2.95. The minimum absolute atomic E-state index is 0.0896. The summed E-state index contributed by atoms with van der Waals surface area (Å²) in [6, 6.07) is 7.91. The van der Waals surface area contributed by atoms with Gasteiger partial charge in [0.25, 0.3) is 0 Å². The first kappa shape index (κ1) is 11.6. The summed E-state index contributed by atoms with van der Waals surface area (Å²) >= 11 is 11.9. The Morgan fingerprint density at radius 2 is 2.12 bits per heavy atom. The maximum absolute atomic E-state index is 8.98. The van der Waals surface area contributed by atoms with Crippen molar-refractivity contribution in [2.24, 2.45) is 5.92 Å². The number of hydrogen-bond donors (Lipinski definition) is 1. The molecule has 1 aromatic carbocycles. The molecule has 1 N–H and O–H groups in total. The monoisotopic (exact) mass is 254 g/mol. The normalized spacial score (nSPS) is 24.1. The number of benzene rings is 1. The minimum Gasteiger partial charge on any atom is -0.380 e. The van der Waals surface area contributed by atoms with Gasteiger partial charge in [0, 0.05) is 11.1 Å². The molecule has 0 spiro atoms. The molecule has 0 saturated heterocycles. The van der Waals surface area contributed by atoms with Gasteiger partial charge in [-0.15, -0.1) is 0 Å². The predicted molar refractivity (Wildman–Crippen MR) is 66.8 cm³/mol. The number of rotatable bonds is 2. The fourth-order valence-corrected chi connectivity index (χ4v) is 2.56. The van der Waals surface area contributed by atoms with E-state index in [-0.39, 0.29) is 12.0 Å². The molecular weight excluding hydrogens is 243 g/mol. The largest absolute Gasteiger partial charge is 0.380 e. The van der Waals surface area contributed by atoms with Crippen LogP contribution in [0.5, 0.6) is 0 Å². The van der Waals surface area contributed by atoms with Gasteiger partial charge in [0.05, 0.1) is 22.7 Å². The lowest BCUT2D eigenvalue weighted by Gasteiger charge is -2.18. The smallest absolute Gasteiger partial charge is 0.0677 e. The lowest BCUT2D eigenvalue weighted by atomic mass is 10.1. The molecule has 2 atom stereocenters. The Morgan fingerprint density at radius 3 is 2.81 bits per heavy atom. The molecule has 1 aliphatic rings. The van der Waals surface area contributed by atoms with E-state index in [1.54, 1.807) is 12.1 Å². The number of nitrogens with one attached hydrogen (secondary N) is 1. The van der Waals surface area contributed by atoms with E-state index in [1.807, 2.05) is 6.07 Å². The van der Waals surface area contributed by atoms with Crippen molar-refractivity contribution in [3.63, 3.8) is 0 Å². The molecule has 0 heterocycles. The molecule has 0 aliphatic heterocycles. The average molecular weight is 255 g/mol. The minimum atomic E-state index is 0.0896. The predicted octanol–water partition coefficient (Wildman–Crippen LogP) is 4.10. The lowest BCUT2D eigenvalue weighted by molar-refractivity contribution is 0.630. The van der Waals surface area contributed by atoms with Crippen molar-refractivity contribution in [1.82, 2.24) is 0 Å². The highest BCUT2D eigenvalue weighted by Crippen LogP contribution is 2.31. The summed E-state index contributed by atoms with van der Waals surface area (Å²) < 4.78 is 0. The average Bonchev–Trinajstić information content (AvgIpc) is 2.69. The van der Waals surface area contributed by atoms with Crippen molar-refractivity contribution in [3.8, 4) is 6.07 Å². The van der Waals surface area contributed by atoms with E-state index in [9.17, 15) is 0 Å². The highest BCUT2D eigenvalue weighted by Gasteiger charge is 2.27. The van der Waals surface area contributed by atoms with Crippen molar-refractivity contribution in [1.29, 1.82) is 5.26 Å². The summed E-state index contributed by atoms with van der Waals surface area (Å²) in [5.74, 6) is 0.0896. The number of anilines is 1. The van der Waals surface area contributed by atoms with Crippen LogP contribution in [0.25, 0.3) is 0 Å². The molecule has 2 unspecified atom stereocenters. The summed E-state index contributed by atoms with van der Waals surface area (Å²) in [5.41, 5.74) is 0.859. The summed E-state index contributed by atoms with van der Waals surface area (Å²) in [5, 5.41) is 13.5.